The molecule has 0 spiro atoms. The number of rotatable bonds is 3. The van der Waals surface area contributed by atoms with Gasteiger partial charge in [-0.1, -0.05) is 13.8 Å². The lowest BCUT2D eigenvalue weighted by molar-refractivity contribution is -0.0962. The second kappa shape index (κ2) is 4.17. The van der Waals surface area contributed by atoms with Gasteiger partial charge < -0.3 is 15.0 Å². The van der Waals surface area contributed by atoms with Gasteiger partial charge in [-0.2, -0.15) is 0 Å². The third kappa shape index (κ3) is 2.27. The largest absolute Gasteiger partial charge is 0.381 e. The van der Waals surface area contributed by atoms with Gasteiger partial charge in [-0.3, -0.25) is 0 Å². The lowest BCUT2D eigenvalue weighted by Crippen LogP contribution is -2.51. The van der Waals surface area contributed by atoms with Gasteiger partial charge in [0.25, 0.3) is 0 Å². The second-order valence-corrected chi connectivity index (χ2v) is 5.25. The van der Waals surface area contributed by atoms with E-state index >= 15 is 0 Å². The highest BCUT2D eigenvalue weighted by atomic mass is 16.5. The van der Waals surface area contributed by atoms with Crippen LogP contribution in [0.25, 0.3) is 0 Å². The lowest BCUT2D eigenvalue weighted by atomic mass is 9.77. The Labute approximate surface area is 86.8 Å². The van der Waals surface area contributed by atoms with Crippen LogP contribution in [0.2, 0.25) is 0 Å². The zero-order valence-corrected chi connectivity index (χ0v) is 9.38. The molecule has 0 aromatic carbocycles. The highest BCUT2D eigenvalue weighted by Gasteiger charge is 2.36. The van der Waals surface area contributed by atoms with Crippen LogP contribution in [0.15, 0.2) is 0 Å². The predicted molar refractivity (Wildman–Crippen MR) is 57.4 cm³/mol. The molecule has 3 nitrogen and oxygen atoms in total. The number of piperazine rings is 1. The van der Waals surface area contributed by atoms with E-state index in [9.17, 15) is 0 Å². The first kappa shape index (κ1) is 10.4. The van der Waals surface area contributed by atoms with Crippen LogP contribution >= 0.6 is 0 Å². The summed E-state index contributed by atoms with van der Waals surface area (Å²) < 4.78 is 5.28. The fourth-order valence-electron chi connectivity index (χ4n) is 2.26. The van der Waals surface area contributed by atoms with Gasteiger partial charge in [0.05, 0.1) is 13.2 Å². The fraction of sp³-hybridized carbons (Fsp3) is 1.00. The third-order valence-electron chi connectivity index (χ3n) is 3.58. The Morgan fingerprint density at radius 2 is 1.93 bits per heavy atom. The summed E-state index contributed by atoms with van der Waals surface area (Å²) in [4.78, 5) is 2.58. The Kier molecular flexibility index (Phi) is 3.10. The summed E-state index contributed by atoms with van der Waals surface area (Å²) in [6.45, 7) is 12.6. The number of nitrogens with zero attached hydrogens (tertiary/aromatic N) is 1. The van der Waals surface area contributed by atoms with E-state index in [0.717, 1.165) is 32.2 Å². The van der Waals surface area contributed by atoms with Crippen LogP contribution in [-0.2, 0) is 4.74 Å². The minimum Gasteiger partial charge on any atom is -0.381 e. The van der Waals surface area contributed by atoms with Crippen LogP contribution in [0.5, 0.6) is 0 Å². The molecule has 2 saturated heterocycles. The van der Waals surface area contributed by atoms with E-state index < -0.39 is 0 Å². The van der Waals surface area contributed by atoms with Crippen LogP contribution < -0.4 is 5.32 Å². The first-order chi connectivity index (χ1) is 6.68. The fourth-order valence-corrected chi connectivity index (χ4v) is 2.26. The molecule has 0 bridgehead atoms. The SMILES string of the molecule is CC(C)(CN1CCNCC1)C1COC1. The number of ether oxygens (including phenoxy) is 1. The molecular formula is C11H22N2O. The number of hydrogen-bond acceptors (Lipinski definition) is 3. The Hall–Kier alpha value is -0.120. The van der Waals surface area contributed by atoms with Gasteiger partial charge in [0.1, 0.15) is 0 Å². The Morgan fingerprint density at radius 3 is 2.43 bits per heavy atom. The molecule has 0 atom stereocenters. The predicted octanol–water partition coefficient (Wildman–Crippen LogP) is 0.564. The Morgan fingerprint density at radius 1 is 1.29 bits per heavy atom. The second-order valence-electron chi connectivity index (χ2n) is 5.25. The molecule has 2 aliphatic heterocycles. The van der Waals surface area contributed by atoms with Crippen LogP contribution in [0.3, 0.4) is 0 Å². The summed E-state index contributed by atoms with van der Waals surface area (Å²) in [5.41, 5.74) is 0.426. The van der Waals surface area contributed by atoms with Crippen LogP contribution in [-0.4, -0.2) is 50.8 Å². The van der Waals surface area contributed by atoms with Crippen molar-refractivity contribution in [2.45, 2.75) is 13.8 Å². The summed E-state index contributed by atoms with van der Waals surface area (Å²) in [6.07, 6.45) is 0. The van der Waals surface area contributed by atoms with Crippen molar-refractivity contribution in [3.8, 4) is 0 Å². The number of hydrogen-bond donors (Lipinski definition) is 1. The van der Waals surface area contributed by atoms with Crippen molar-refractivity contribution in [1.29, 1.82) is 0 Å². The molecule has 3 heteroatoms. The van der Waals surface area contributed by atoms with Gasteiger partial charge in [0, 0.05) is 38.6 Å². The van der Waals surface area contributed by atoms with Crippen molar-refractivity contribution < 1.29 is 4.74 Å². The molecule has 0 amide bonds. The van der Waals surface area contributed by atoms with Gasteiger partial charge in [0.2, 0.25) is 0 Å². The molecule has 2 fully saturated rings. The van der Waals surface area contributed by atoms with Crippen molar-refractivity contribution in [2.75, 3.05) is 45.9 Å². The van der Waals surface area contributed by atoms with E-state index in [-0.39, 0.29) is 0 Å². The topological polar surface area (TPSA) is 24.5 Å². The van der Waals surface area contributed by atoms with E-state index in [1.54, 1.807) is 0 Å². The van der Waals surface area contributed by atoms with Crippen molar-refractivity contribution in [3.63, 3.8) is 0 Å². The van der Waals surface area contributed by atoms with E-state index in [1.807, 2.05) is 0 Å². The van der Waals surface area contributed by atoms with E-state index in [1.165, 1.54) is 19.6 Å². The van der Waals surface area contributed by atoms with E-state index in [2.05, 4.69) is 24.1 Å². The maximum absolute atomic E-state index is 5.28. The monoisotopic (exact) mass is 198 g/mol. The van der Waals surface area contributed by atoms with Crippen molar-refractivity contribution in [3.05, 3.63) is 0 Å². The average Bonchev–Trinajstić information content (AvgIpc) is 2.00. The summed E-state index contributed by atoms with van der Waals surface area (Å²) in [6, 6.07) is 0. The van der Waals surface area contributed by atoms with Gasteiger partial charge >= 0.3 is 0 Å². The van der Waals surface area contributed by atoms with Crippen molar-refractivity contribution in [2.24, 2.45) is 11.3 Å². The Balaban J connectivity index is 1.81. The maximum atomic E-state index is 5.28. The van der Waals surface area contributed by atoms with Gasteiger partial charge in [-0.15, -0.1) is 0 Å². The smallest absolute Gasteiger partial charge is 0.0522 e. The minimum absolute atomic E-state index is 0.426. The van der Waals surface area contributed by atoms with Crippen LogP contribution in [0.4, 0.5) is 0 Å². The molecular weight excluding hydrogens is 176 g/mol. The lowest BCUT2D eigenvalue weighted by Gasteiger charge is -2.43. The first-order valence-corrected chi connectivity index (χ1v) is 5.69. The Bertz CT molecular complexity index is 184. The molecule has 0 aliphatic carbocycles. The quantitative estimate of drug-likeness (QED) is 0.717. The van der Waals surface area contributed by atoms with Gasteiger partial charge in [0.15, 0.2) is 0 Å². The molecule has 0 unspecified atom stereocenters. The van der Waals surface area contributed by atoms with E-state index in [0.29, 0.717) is 5.41 Å². The van der Waals surface area contributed by atoms with E-state index in [4.69, 9.17) is 4.74 Å². The van der Waals surface area contributed by atoms with Crippen molar-refractivity contribution >= 4 is 0 Å². The minimum atomic E-state index is 0.426. The molecule has 2 aliphatic rings. The highest BCUT2D eigenvalue weighted by molar-refractivity contribution is 4.86. The standard InChI is InChI=1S/C11H22N2O/c1-11(2,10-7-14-8-10)9-13-5-3-12-4-6-13/h10,12H,3-9H2,1-2H3. The van der Waals surface area contributed by atoms with Gasteiger partial charge in [-0.05, 0) is 5.41 Å². The zero-order chi connectivity index (χ0) is 10.0. The molecule has 0 saturated carbocycles. The molecule has 2 rings (SSSR count). The third-order valence-corrected chi connectivity index (χ3v) is 3.58. The molecule has 2 heterocycles. The summed E-state index contributed by atoms with van der Waals surface area (Å²) in [7, 11) is 0. The van der Waals surface area contributed by atoms with Gasteiger partial charge in [-0.25, -0.2) is 0 Å². The van der Waals surface area contributed by atoms with Crippen molar-refractivity contribution in [1.82, 2.24) is 10.2 Å². The number of nitrogens with one attached hydrogen (secondary N) is 1. The highest BCUT2D eigenvalue weighted by Crippen LogP contribution is 2.33. The summed E-state index contributed by atoms with van der Waals surface area (Å²) in [5, 5.41) is 3.39. The average molecular weight is 198 g/mol. The molecule has 0 aromatic heterocycles. The summed E-state index contributed by atoms with van der Waals surface area (Å²) in [5.74, 6) is 0.775. The summed E-state index contributed by atoms with van der Waals surface area (Å²) >= 11 is 0. The first-order valence-electron chi connectivity index (χ1n) is 5.69. The molecule has 14 heavy (non-hydrogen) atoms. The molecule has 82 valence electrons. The maximum Gasteiger partial charge on any atom is 0.0522 e. The molecule has 0 aromatic rings. The normalized spacial score (nSPS) is 26.1. The molecule has 0 radical (unpaired) electrons. The molecule has 1 N–H and O–H groups in total. The zero-order valence-electron chi connectivity index (χ0n) is 9.38. The van der Waals surface area contributed by atoms with Crippen LogP contribution in [0, 0.1) is 11.3 Å². The van der Waals surface area contributed by atoms with Crippen LogP contribution in [0.1, 0.15) is 13.8 Å².